The monoisotopic (exact) mass is 458 g/mol. The highest BCUT2D eigenvalue weighted by atomic mass is 16.5. The molecule has 6 nitrogen and oxygen atoms in total. The first-order chi connectivity index (χ1) is 16.6. The molecule has 0 spiro atoms. The van der Waals surface area contributed by atoms with Gasteiger partial charge in [-0.1, -0.05) is 38.0 Å². The molecule has 2 heterocycles. The summed E-state index contributed by atoms with van der Waals surface area (Å²) in [7, 11) is 0. The maximum atomic E-state index is 13.3. The third kappa shape index (κ3) is 4.63. The second-order valence-electron chi connectivity index (χ2n) is 9.38. The molecule has 1 N–H and O–H groups in total. The lowest BCUT2D eigenvalue weighted by molar-refractivity contribution is -0.125. The van der Waals surface area contributed by atoms with Gasteiger partial charge in [-0.05, 0) is 73.4 Å². The fourth-order valence-electron chi connectivity index (χ4n) is 5.24. The van der Waals surface area contributed by atoms with E-state index in [4.69, 9.17) is 14.1 Å². The van der Waals surface area contributed by atoms with Crippen LogP contribution in [0.5, 0.6) is 0 Å². The molecule has 3 aromatic rings. The number of amides is 1. The van der Waals surface area contributed by atoms with Crippen LogP contribution in [-0.4, -0.2) is 29.5 Å². The molecule has 0 aliphatic heterocycles. The molecule has 2 aliphatic carbocycles. The van der Waals surface area contributed by atoms with Crippen molar-refractivity contribution < 1.29 is 18.7 Å². The van der Waals surface area contributed by atoms with Crippen LogP contribution in [0.25, 0.3) is 22.6 Å². The fraction of sp³-hybridized carbons (Fsp3) is 0.393. The Morgan fingerprint density at radius 1 is 1.12 bits per heavy atom. The third-order valence-corrected chi connectivity index (χ3v) is 7.03. The van der Waals surface area contributed by atoms with Gasteiger partial charge in [-0.2, -0.15) is 0 Å². The van der Waals surface area contributed by atoms with Gasteiger partial charge in [-0.15, -0.1) is 0 Å². The molecule has 2 aromatic heterocycles. The van der Waals surface area contributed by atoms with E-state index in [1.54, 1.807) is 6.26 Å². The molecule has 176 valence electrons. The zero-order valence-corrected chi connectivity index (χ0v) is 19.5. The molecule has 1 saturated carbocycles. The molecule has 0 saturated heterocycles. The van der Waals surface area contributed by atoms with Crippen molar-refractivity contribution in [3.8, 4) is 0 Å². The SMILES string of the molecule is CC1CCCCC1NC(=O)COC(=O)c1c2c(nc3ccccc13)C(=Cc1ccco1)CCC2. The minimum atomic E-state index is -0.471. The predicted octanol–water partition coefficient (Wildman–Crippen LogP) is 5.56. The fourth-order valence-corrected chi connectivity index (χ4v) is 5.24. The number of carbonyl (C=O) groups excluding carboxylic acids is 2. The van der Waals surface area contributed by atoms with E-state index in [2.05, 4.69) is 12.2 Å². The van der Waals surface area contributed by atoms with Gasteiger partial charge >= 0.3 is 5.97 Å². The van der Waals surface area contributed by atoms with Gasteiger partial charge in [0.15, 0.2) is 6.61 Å². The van der Waals surface area contributed by atoms with Crippen molar-refractivity contribution in [2.24, 2.45) is 5.92 Å². The van der Waals surface area contributed by atoms with E-state index in [1.807, 2.05) is 42.5 Å². The number of furan rings is 1. The molecule has 34 heavy (non-hydrogen) atoms. The molecule has 2 aliphatic rings. The van der Waals surface area contributed by atoms with Crippen LogP contribution in [0, 0.1) is 5.92 Å². The topological polar surface area (TPSA) is 81.4 Å². The van der Waals surface area contributed by atoms with E-state index >= 15 is 0 Å². The first kappa shape index (κ1) is 22.4. The van der Waals surface area contributed by atoms with E-state index in [-0.39, 0.29) is 18.6 Å². The largest absolute Gasteiger partial charge is 0.465 e. The number of ether oxygens (including phenoxy) is 1. The van der Waals surface area contributed by atoms with Gasteiger partial charge in [0.1, 0.15) is 5.76 Å². The second-order valence-corrected chi connectivity index (χ2v) is 9.38. The summed E-state index contributed by atoms with van der Waals surface area (Å²) >= 11 is 0. The lowest BCUT2D eigenvalue weighted by Gasteiger charge is -2.29. The number of pyridine rings is 1. The number of nitrogens with zero attached hydrogens (tertiary/aromatic N) is 1. The molecule has 0 bridgehead atoms. The number of benzene rings is 1. The number of hydrogen-bond donors (Lipinski definition) is 1. The molecule has 1 aromatic carbocycles. The highest BCUT2D eigenvalue weighted by molar-refractivity contribution is 6.07. The molecule has 5 rings (SSSR count). The second kappa shape index (κ2) is 9.84. The molecular weight excluding hydrogens is 428 g/mol. The maximum absolute atomic E-state index is 13.3. The number of fused-ring (bicyclic) bond motifs is 2. The Bertz CT molecular complexity index is 1230. The Morgan fingerprint density at radius 3 is 2.79 bits per heavy atom. The Labute approximate surface area is 199 Å². The van der Waals surface area contributed by atoms with Crippen LogP contribution >= 0.6 is 0 Å². The number of nitrogens with one attached hydrogen (secondary N) is 1. The zero-order chi connectivity index (χ0) is 23.5. The van der Waals surface area contributed by atoms with Gasteiger partial charge in [0.2, 0.25) is 0 Å². The highest BCUT2D eigenvalue weighted by Crippen LogP contribution is 2.36. The third-order valence-electron chi connectivity index (χ3n) is 7.03. The zero-order valence-electron chi connectivity index (χ0n) is 19.5. The molecule has 1 amide bonds. The lowest BCUT2D eigenvalue weighted by atomic mass is 9.86. The number of para-hydroxylation sites is 1. The first-order valence-electron chi connectivity index (χ1n) is 12.2. The van der Waals surface area contributed by atoms with Crippen molar-refractivity contribution in [1.82, 2.24) is 10.3 Å². The molecular formula is C28H30N2O4. The molecule has 2 unspecified atom stereocenters. The number of carbonyl (C=O) groups is 2. The van der Waals surface area contributed by atoms with E-state index in [1.165, 1.54) is 6.42 Å². The normalized spacial score (nSPS) is 21.3. The summed E-state index contributed by atoms with van der Waals surface area (Å²) in [6, 6.07) is 11.5. The van der Waals surface area contributed by atoms with Gasteiger partial charge in [0.25, 0.3) is 5.91 Å². The van der Waals surface area contributed by atoms with Crippen molar-refractivity contribution in [3.63, 3.8) is 0 Å². The van der Waals surface area contributed by atoms with E-state index in [0.29, 0.717) is 11.5 Å². The van der Waals surface area contributed by atoms with Crippen LogP contribution < -0.4 is 5.32 Å². The Morgan fingerprint density at radius 2 is 1.97 bits per heavy atom. The smallest absolute Gasteiger partial charge is 0.339 e. The molecule has 6 heteroatoms. The van der Waals surface area contributed by atoms with Crippen molar-refractivity contribution in [2.75, 3.05) is 6.61 Å². The summed E-state index contributed by atoms with van der Waals surface area (Å²) in [6.07, 6.45) is 10.6. The number of aromatic nitrogens is 1. The minimum Gasteiger partial charge on any atom is -0.465 e. The number of hydrogen-bond acceptors (Lipinski definition) is 5. The minimum absolute atomic E-state index is 0.156. The van der Waals surface area contributed by atoms with Crippen LogP contribution in [0.4, 0.5) is 0 Å². The van der Waals surface area contributed by atoms with Crippen molar-refractivity contribution in [2.45, 2.75) is 57.9 Å². The molecule has 0 radical (unpaired) electrons. The predicted molar refractivity (Wildman–Crippen MR) is 131 cm³/mol. The van der Waals surface area contributed by atoms with Crippen molar-refractivity contribution >= 4 is 34.4 Å². The molecule has 1 fully saturated rings. The summed E-state index contributed by atoms with van der Waals surface area (Å²) in [5, 5.41) is 3.82. The Hall–Kier alpha value is -3.41. The van der Waals surface area contributed by atoms with Crippen LogP contribution in [0.2, 0.25) is 0 Å². The Balaban J connectivity index is 1.42. The quantitative estimate of drug-likeness (QED) is 0.507. The van der Waals surface area contributed by atoms with E-state index in [0.717, 1.165) is 72.0 Å². The van der Waals surface area contributed by atoms with Gasteiger partial charge in [0.05, 0.1) is 23.0 Å². The van der Waals surface area contributed by atoms with E-state index in [9.17, 15) is 9.59 Å². The van der Waals surface area contributed by atoms with Crippen LogP contribution in [0.1, 0.15) is 72.8 Å². The number of rotatable bonds is 5. The van der Waals surface area contributed by atoms with Gasteiger partial charge in [-0.3, -0.25) is 4.79 Å². The van der Waals surface area contributed by atoms with Crippen molar-refractivity contribution in [1.29, 1.82) is 0 Å². The Kier molecular flexibility index (Phi) is 6.48. The average molecular weight is 459 g/mol. The molecule has 2 atom stereocenters. The number of esters is 1. The summed E-state index contributed by atoms with van der Waals surface area (Å²) in [5.74, 6) is 0.498. The standard InChI is InChI=1S/C28H30N2O4/c1-18-8-2-4-13-23(18)29-25(31)17-34-28(32)26-21-11-3-5-14-24(21)30-27-19(9-6-12-22(26)27)16-20-10-7-15-33-20/h3,5,7,10-11,14-16,18,23H,2,4,6,8-9,12-13,17H2,1H3,(H,29,31). The number of allylic oxidation sites excluding steroid dienone is 1. The van der Waals surface area contributed by atoms with Gasteiger partial charge in [-0.25, -0.2) is 9.78 Å². The summed E-state index contributed by atoms with van der Waals surface area (Å²) in [4.78, 5) is 30.8. The first-order valence-corrected chi connectivity index (χ1v) is 12.2. The lowest BCUT2D eigenvalue weighted by Crippen LogP contribution is -2.42. The van der Waals surface area contributed by atoms with Crippen molar-refractivity contribution in [3.05, 3.63) is 65.2 Å². The van der Waals surface area contributed by atoms with Gasteiger partial charge in [0, 0.05) is 11.4 Å². The summed E-state index contributed by atoms with van der Waals surface area (Å²) in [5.41, 5.74) is 3.99. The highest BCUT2D eigenvalue weighted by Gasteiger charge is 2.27. The summed E-state index contributed by atoms with van der Waals surface area (Å²) < 4.78 is 11.1. The van der Waals surface area contributed by atoms with E-state index < -0.39 is 5.97 Å². The summed E-state index contributed by atoms with van der Waals surface area (Å²) in [6.45, 7) is 1.89. The van der Waals surface area contributed by atoms with Crippen LogP contribution in [0.15, 0.2) is 47.1 Å². The van der Waals surface area contributed by atoms with Crippen LogP contribution in [-0.2, 0) is 16.0 Å². The van der Waals surface area contributed by atoms with Gasteiger partial charge < -0.3 is 14.5 Å². The average Bonchev–Trinajstić information content (AvgIpc) is 3.36. The van der Waals surface area contributed by atoms with Crippen LogP contribution in [0.3, 0.4) is 0 Å². The maximum Gasteiger partial charge on any atom is 0.339 e.